The molecule has 11 heavy (non-hydrogen) atoms. The number of fused-ring (bicyclic) bond motifs is 1. The molecular formula is C9H6FO. The van der Waals surface area contributed by atoms with Gasteiger partial charge in [-0.25, -0.2) is 4.39 Å². The van der Waals surface area contributed by atoms with Crippen LogP contribution in [0.25, 0.3) is 0 Å². The van der Waals surface area contributed by atoms with E-state index in [4.69, 9.17) is 4.74 Å². The largest absolute Gasteiger partial charge is 0.453 e. The number of allylic oxidation sites excluding steroid dienone is 1. The summed E-state index contributed by atoms with van der Waals surface area (Å²) in [6.07, 6.45) is 5.05. The van der Waals surface area contributed by atoms with Crippen LogP contribution < -0.4 is 4.74 Å². The van der Waals surface area contributed by atoms with Crippen molar-refractivity contribution in [3.8, 4) is 5.75 Å². The van der Waals surface area contributed by atoms with Crippen molar-refractivity contribution in [2.24, 2.45) is 0 Å². The zero-order valence-corrected chi connectivity index (χ0v) is 5.80. The monoisotopic (exact) mass is 149 g/mol. The van der Waals surface area contributed by atoms with E-state index in [0.717, 1.165) is 5.56 Å². The molecule has 0 N–H and O–H groups in total. The van der Waals surface area contributed by atoms with Crippen LogP contribution in [0.5, 0.6) is 5.75 Å². The lowest BCUT2D eigenvalue weighted by Gasteiger charge is -2.09. The van der Waals surface area contributed by atoms with Crippen molar-refractivity contribution in [3.05, 3.63) is 41.9 Å². The van der Waals surface area contributed by atoms with E-state index in [0.29, 0.717) is 12.2 Å². The Morgan fingerprint density at radius 1 is 1.45 bits per heavy atom. The molecule has 1 heterocycles. The Labute approximate surface area is 64.1 Å². The molecule has 0 saturated heterocycles. The highest BCUT2D eigenvalue weighted by Crippen LogP contribution is 2.23. The van der Waals surface area contributed by atoms with Crippen molar-refractivity contribution < 1.29 is 9.13 Å². The molecule has 0 unspecified atom stereocenters. The lowest BCUT2D eigenvalue weighted by molar-refractivity contribution is 0.434. The van der Waals surface area contributed by atoms with Gasteiger partial charge in [0, 0.05) is 5.56 Å². The third-order valence-electron chi connectivity index (χ3n) is 1.60. The van der Waals surface area contributed by atoms with E-state index in [-0.39, 0.29) is 5.82 Å². The van der Waals surface area contributed by atoms with Crippen molar-refractivity contribution in [2.45, 2.75) is 6.42 Å². The first-order valence-corrected chi connectivity index (χ1v) is 3.39. The maximum absolute atomic E-state index is 12.6. The molecule has 0 bridgehead atoms. The van der Waals surface area contributed by atoms with E-state index in [2.05, 4.69) is 6.26 Å². The zero-order valence-electron chi connectivity index (χ0n) is 5.80. The summed E-state index contributed by atoms with van der Waals surface area (Å²) in [7, 11) is 0. The average Bonchev–Trinajstić information content (AvgIpc) is 2.04. The summed E-state index contributed by atoms with van der Waals surface area (Å²) in [6, 6.07) is 4.48. The van der Waals surface area contributed by atoms with Crippen molar-refractivity contribution >= 4 is 0 Å². The van der Waals surface area contributed by atoms with Gasteiger partial charge in [-0.15, -0.1) is 0 Å². The second-order valence-corrected chi connectivity index (χ2v) is 2.38. The highest BCUT2D eigenvalue weighted by atomic mass is 19.1. The van der Waals surface area contributed by atoms with Gasteiger partial charge < -0.3 is 4.74 Å². The van der Waals surface area contributed by atoms with Crippen molar-refractivity contribution in [1.29, 1.82) is 0 Å². The van der Waals surface area contributed by atoms with Crippen LogP contribution in [0.3, 0.4) is 0 Å². The molecule has 1 radical (unpaired) electrons. The second kappa shape index (κ2) is 2.38. The first kappa shape index (κ1) is 6.40. The fourth-order valence-corrected chi connectivity index (χ4v) is 1.06. The van der Waals surface area contributed by atoms with Crippen molar-refractivity contribution in [2.75, 3.05) is 0 Å². The molecular weight excluding hydrogens is 143 g/mol. The number of hydrogen-bond donors (Lipinski definition) is 0. The van der Waals surface area contributed by atoms with Gasteiger partial charge in [-0.1, -0.05) is 0 Å². The minimum Gasteiger partial charge on any atom is -0.453 e. The first-order valence-electron chi connectivity index (χ1n) is 3.39. The predicted octanol–water partition coefficient (Wildman–Crippen LogP) is 2.08. The summed E-state index contributed by atoms with van der Waals surface area (Å²) < 4.78 is 17.6. The van der Waals surface area contributed by atoms with E-state index in [1.165, 1.54) is 12.1 Å². The Bertz CT molecular complexity index is 304. The van der Waals surface area contributed by atoms with Crippen molar-refractivity contribution in [3.63, 3.8) is 0 Å². The molecule has 0 amide bonds. The topological polar surface area (TPSA) is 9.23 Å². The molecule has 2 rings (SSSR count). The van der Waals surface area contributed by atoms with Crippen LogP contribution in [0.15, 0.2) is 24.3 Å². The maximum Gasteiger partial charge on any atom is 0.165 e. The molecule has 0 fully saturated rings. The summed E-state index contributed by atoms with van der Waals surface area (Å²) >= 11 is 0. The molecule has 0 aliphatic carbocycles. The first-order chi connectivity index (χ1) is 5.36. The normalized spacial score (nSPS) is 13.9. The van der Waals surface area contributed by atoms with E-state index in [1.54, 1.807) is 12.1 Å². The zero-order chi connectivity index (χ0) is 7.68. The van der Waals surface area contributed by atoms with E-state index in [1.807, 2.05) is 0 Å². The number of benzene rings is 1. The molecule has 0 aromatic heterocycles. The summed E-state index contributed by atoms with van der Waals surface area (Å²) in [5.74, 6) is 0.483. The minimum absolute atomic E-state index is 0.220. The second-order valence-electron chi connectivity index (χ2n) is 2.38. The summed E-state index contributed by atoms with van der Waals surface area (Å²) in [5, 5.41) is 0. The Kier molecular flexibility index (Phi) is 1.39. The van der Waals surface area contributed by atoms with E-state index >= 15 is 0 Å². The molecule has 55 valence electrons. The Morgan fingerprint density at radius 2 is 2.36 bits per heavy atom. The van der Waals surface area contributed by atoms with Gasteiger partial charge in [-0.2, -0.15) is 0 Å². The van der Waals surface area contributed by atoms with Crippen LogP contribution in [-0.2, 0) is 6.42 Å². The van der Waals surface area contributed by atoms with Gasteiger partial charge in [0.1, 0.15) is 11.6 Å². The highest BCUT2D eigenvalue weighted by molar-refractivity contribution is 5.36. The van der Waals surface area contributed by atoms with Crippen LogP contribution in [0, 0.1) is 12.1 Å². The maximum atomic E-state index is 12.6. The van der Waals surface area contributed by atoms with Crippen LogP contribution in [0.4, 0.5) is 4.39 Å². The minimum atomic E-state index is -0.220. The van der Waals surface area contributed by atoms with Gasteiger partial charge in [-0.3, -0.25) is 0 Å². The Morgan fingerprint density at radius 3 is 3.27 bits per heavy atom. The SMILES string of the molecule is Fc1ccc2c(c1)CC=[C]O2. The lowest BCUT2D eigenvalue weighted by Crippen LogP contribution is -1.96. The standard InChI is InChI=1S/C9H6FO/c10-8-3-4-9-7(6-8)2-1-5-11-9/h1,3-4,6H,2H2. The predicted molar refractivity (Wildman–Crippen MR) is 38.5 cm³/mol. The lowest BCUT2D eigenvalue weighted by atomic mass is 10.1. The summed E-state index contributed by atoms with van der Waals surface area (Å²) in [6.45, 7) is 0. The van der Waals surface area contributed by atoms with Gasteiger partial charge in [0.2, 0.25) is 0 Å². The molecule has 0 saturated carbocycles. The van der Waals surface area contributed by atoms with Gasteiger partial charge in [0.05, 0.1) is 0 Å². The highest BCUT2D eigenvalue weighted by Gasteiger charge is 2.06. The van der Waals surface area contributed by atoms with Gasteiger partial charge in [0.25, 0.3) is 0 Å². The van der Waals surface area contributed by atoms with Gasteiger partial charge in [-0.05, 0) is 30.7 Å². The Hall–Kier alpha value is -1.31. The molecule has 1 aromatic rings. The molecule has 1 aromatic carbocycles. The molecule has 1 nitrogen and oxygen atoms in total. The van der Waals surface area contributed by atoms with Gasteiger partial charge in [0.15, 0.2) is 6.26 Å². The van der Waals surface area contributed by atoms with E-state index < -0.39 is 0 Å². The fourth-order valence-electron chi connectivity index (χ4n) is 1.06. The number of ether oxygens (including phenoxy) is 1. The third kappa shape index (κ3) is 1.11. The third-order valence-corrected chi connectivity index (χ3v) is 1.60. The van der Waals surface area contributed by atoms with Crippen molar-refractivity contribution in [1.82, 2.24) is 0 Å². The summed E-state index contributed by atoms with van der Waals surface area (Å²) in [4.78, 5) is 0. The molecule has 1 aliphatic heterocycles. The molecule has 2 heteroatoms. The van der Waals surface area contributed by atoms with Gasteiger partial charge >= 0.3 is 0 Å². The average molecular weight is 149 g/mol. The number of halogens is 1. The van der Waals surface area contributed by atoms with Crippen LogP contribution >= 0.6 is 0 Å². The van der Waals surface area contributed by atoms with E-state index in [9.17, 15) is 4.39 Å². The van der Waals surface area contributed by atoms with Crippen LogP contribution in [0.2, 0.25) is 0 Å². The molecule has 0 spiro atoms. The van der Waals surface area contributed by atoms with Crippen LogP contribution in [-0.4, -0.2) is 0 Å². The molecule has 0 atom stereocenters. The number of rotatable bonds is 0. The fraction of sp³-hybridized carbons (Fsp3) is 0.111. The summed E-state index contributed by atoms with van der Waals surface area (Å²) in [5.41, 5.74) is 0.878. The smallest absolute Gasteiger partial charge is 0.165 e. The number of hydrogen-bond acceptors (Lipinski definition) is 1. The molecule has 1 aliphatic rings. The van der Waals surface area contributed by atoms with Crippen LogP contribution in [0.1, 0.15) is 5.56 Å². The quantitative estimate of drug-likeness (QED) is 0.548. The Balaban J connectivity index is 2.48.